The molecule has 0 aliphatic heterocycles. The van der Waals surface area contributed by atoms with E-state index < -0.39 is 5.82 Å². The highest BCUT2D eigenvalue weighted by molar-refractivity contribution is 5.95. The monoisotopic (exact) mass is 360 g/mol. The SMILES string of the molecule is CN(C)Cc1ccc(-c2ccc3c(=O)c4cc(F)ccc4n(C)c3c2)cc1. The molecule has 0 saturated heterocycles. The first-order chi connectivity index (χ1) is 12.9. The quantitative estimate of drug-likeness (QED) is 0.501. The van der Waals surface area contributed by atoms with Gasteiger partial charge in [-0.3, -0.25) is 4.79 Å². The molecule has 0 radical (unpaired) electrons. The molecule has 0 atom stereocenters. The Labute approximate surface area is 157 Å². The van der Waals surface area contributed by atoms with Crippen molar-refractivity contribution in [1.82, 2.24) is 9.47 Å². The number of fused-ring (bicyclic) bond motifs is 2. The van der Waals surface area contributed by atoms with Gasteiger partial charge in [0.15, 0.2) is 5.43 Å². The standard InChI is InChI=1S/C23H21FN2O/c1-25(2)14-15-4-6-16(7-5-15)17-8-10-19-22(12-17)26(3)21-11-9-18(24)13-20(21)23(19)27/h4-13H,14H2,1-3H3. The van der Waals surface area contributed by atoms with Gasteiger partial charge in [0.2, 0.25) is 0 Å². The summed E-state index contributed by atoms with van der Waals surface area (Å²) in [5.74, 6) is -0.395. The van der Waals surface area contributed by atoms with Gasteiger partial charge >= 0.3 is 0 Å². The van der Waals surface area contributed by atoms with Crippen LogP contribution < -0.4 is 5.43 Å². The molecule has 4 heteroatoms. The van der Waals surface area contributed by atoms with E-state index in [1.807, 2.05) is 43.9 Å². The third kappa shape index (κ3) is 3.13. The topological polar surface area (TPSA) is 25.2 Å². The Morgan fingerprint density at radius 2 is 1.56 bits per heavy atom. The fourth-order valence-corrected chi connectivity index (χ4v) is 3.61. The zero-order valence-electron chi connectivity index (χ0n) is 15.7. The van der Waals surface area contributed by atoms with Crippen LogP contribution in [-0.4, -0.2) is 23.6 Å². The molecule has 0 amide bonds. The molecule has 0 aliphatic rings. The summed E-state index contributed by atoms with van der Waals surface area (Å²) in [4.78, 5) is 14.9. The summed E-state index contributed by atoms with van der Waals surface area (Å²) in [6.07, 6.45) is 0. The largest absolute Gasteiger partial charge is 0.343 e. The number of benzene rings is 3. The molecule has 0 spiro atoms. The molecular formula is C23H21FN2O. The van der Waals surface area contributed by atoms with Crippen molar-refractivity contribution in [3.63, 3.8) is 0 Å². The normalized spacial score (nSPS) is 11.6. The van der Waals surface area contributed by atoms with E-state index in [2.05, 4.69) is 29.2 Å². The van der Waals surface area contributed by atoms with Gasteiger partial charge in [-0.15, -0.1) is 0 Å². The van der Waals surface area contributed by atoms with Gasteiger partial charge in [-0.25, -0.2) is 4.39 Å². The molecule has 1 heterocycles. The van der Waals surface area contributed by atoms with Crippen LogP contribution >= 0.6 is 0 Å². The second-order valence-electron chi connectivity index (χ2n) is 7.22. The van der Waals surface area contributed by atoms with Crippen LogP contribution in [0, 0.1) is 5.82 Å². The summed E-state index contributed by atoms with van der Waals surface area (Å²) in [5, 5.41) is 1.01. The molecule has 1 aromatic heterocycles. The van der Waals surface area contributed by atoms with E-state index in [0.717, 1.165) is 28.7 Å². The van der Waals surface area contributed by atoms with Gasteiger partial charge < -0.3 is 9.47 Å². The van der Waals surface area contributed by atoms with Crippen LogP contribution in [0.25, 0.3) is 32.9 Å². The van der Waals surface area contributed by atoms with E-state index in [-0.39, 0.29) is 5.43 Å². The summed E-state index contributed by atoms with van der Waals surface area (Å²) in [6.45, 7) is 0.898. The molecule has 0 unspecified atom stereocenters. The molecule has 3 nitrogen and oxygen atoms in total. The van der Waals surface area contributed by atoms with Crippen LogP contribution in [-0.2, 0) is 13.6 Å². The van der Waals surface area contributed by atoms with Gasteiger partial charge in [0.25, 0.3) is 0 Å². The van der Waals surface area contributed by atoms with Gasteiger partial charge in [0, 0.05) is 24.4 Å². The lowest BCUT2D eigenvalue weighted by molar-refractivity contribution is 0.402. The Morgan fingerprint density at radius 1 is 0.852 bits per heavy atom. The van der Waals surface area contributed by atoms with E-state index in [9.17, 15) is 9.18 Å². The summed E-state index contributed by atoms with van der Waals surface area (Å²) in [6, 6.07) is 18.7. The van der Waals surface area contributed by atoms with Crippen molar-refractivity contribution in [2.24, 2.45) is 7.05 Å². The highest BCUT2D eigenvalue weighted by atomic mass is 19.1. The molecule has 0 bridgehead atoms. The maximum atomic E-state index is 13.6. The lowest BCUT2D eigenvalue weighted by atomic mass is 10.0. The van der Waals surface area contributed by atoms with Crippen LogP contribution in [0.5, 0.6) is 0 Å². The van der Waals surface area contributed by atoms with Crippen molar-refractivity contribution in [2.75, 3.05) is 14.1 Å². The van der Waals surface area contributed by atoms with E-state index >= 15 is 0 Å². The van der Waals surface area contributed by atoms with Crippen LogP contribution in [0.3, 0.4) is 0 Å². The summed E-state index contributed by atoms with van der Waals surface area (Å²) >= 11 is 0. The Morgan fingerprint density at radius 3 is 2.26 bits per heavy atom. The first kappa shape index (κ1) is 17.4. The van der Waals surface area contributed by atoms with Gasteiger partial charge in [-0.2, -0.15) is 0 Å². The first-order valence-corrected chi connectivity index (χ1v) is 8.90. The van der Waals surface area contributed by atoms with Crippen molar-refractivity contribution in [2.45, 2.75) is 6.54 Å². The van der Waals surface area contributed by atoms with Crippen molar-refractivity contribution < 1.29 is 4.39 Å². The minimum absolute atomic E-state index is 0.134. The van der Waals surface area contributed by atoms with E-state index in [1.165, 1.54) is 17.7 Å². The number of aryl methyl sites for hydroxylation is 1. The van der Waals surface area contributed by atoms with Gasteiger partial charge in [0.1, 0.15) is 5.82 Å². The predicted molar refractivity (Wildman–Crippen MR) is 109 cm³/mol. The fraction of sp³-hybridized carbons (Fsp3) is 0.174. The second kappa shape index (κ2) is 6.63. The smallest absolute Gasteiger partial charge is 0.197 e. The van der Waals surface area contributed by atoms with Crippen LogP contribution in [0.2, 0.25) is 0 Å². The Bertz CT molecular complexity index is 1210. The van der Waals surface area contributed by atoms with E-state index in [4.69, 9.17) is 0 Å². The summed E-state index contributed by atoms with van der Waals surface area (Å²) < 4.78 is 15.5. The number of nitrogens with zero attached hydrogens (tertiary/aromatic N) is 2. The predicted octanol–water partition coefficient (Wildman–Crippen LogP) is 4.56. The maximum absolute atomic E-state index is 13.6. The Balaban J connectivity index is 1.87. The zero-order valence-corrected chi connectivity index (χ0v) is 15.7. The number of hydrogen-bond donors (Lipinski definition) is 0. The first-order valence-electron chi connectivity index (χ1n) is 8.90. The Hall–Kier alpha value is -2.98. The van der Waals surface area contributed by atoms with Crippen molar-refractivity contribution in [3.05, 3.63) is 82.3 Å². The third-order valence-electron chi connectivity index (χ3n) is 4.95. The molecule has 3 aromatic carbocycles. The number of hydrogen-bond acceptors (Lipinski definition) is 2. The van der Waals surface area contributed by atoms with Crippen molar-refractivity contribution >= 4 is 21.8 Å². The molecular weight excluding hydrogens is 339 g/mol. The Kier molecular flexibility index (Phi) is 4.28. The zero-order chi connectivity index (χ0) is 19.1. The maximum Gasteiger partial charge on any atom is 0.197 e. The minimum atomic E-state index is -0.395. The number of rotatable bonds is 3. The summed E-state index contributed by atoms with van der Waals surface area (Å²) in [5.41, 5.74) is 4.85. The van der Waals surface area contributed by atoms with E-state index in [1.54, 1.807) is 6.07 Å². The van der Waals surface area contributed by atoms with Gasteiger partial charge in [-0.05, 0) is 61.1 Å². The fourth-order valence-electron chi connectivity index (χ4n) is 3.61. The molecule has 4 aromatic rings. The second-order valence-corrected chi connectivity index (χ2v) is 7.22. The van der Waals surface area contributed by atoms with E-state index in [0.29, 0.717) is 10.8 Å². The number of aromatic nitrogens is 1. The van der Waals surface area contributed by atoms with Crippen molar-refractivity contribution in [1.29, 1.82) is 0 Å². The molecule has 0 fully saturated rings. The highest BCUT2D eigenvalue weighted by Crippen LogP contribution is 2.26. The minimum Gasteiger partial charge on any atom is -0.343 e. The average molecular weight is 360 g/mol. The van der Waals surface area contributed by atoms with Crippen LogP contribution in [0.1, 0.15) is 5.56 Å². The lowest BCUT2D eigenvalue weighted by Gasteiger charge is -2.13. The average Bonchev–Trinajstić information content (AvgIpc) is 2.66. The van der Waals surface area contributed by atoms with Gasteiger partial charge in [0.05, 0.1) is 11.0 Å². The van der Waals surface area contributed by atoms with Crippen molar-refractivity contribution in [3.8, 4) is 11.1 Å². The molecule has 136 valence electrons. The van der Waals surface area contributed by atoms with Gasteiger partial charge in [-0.1, -0.05) is 30.3 Å². The lowest BCUT2D eigenvalue weighted by Crippen LogP contribution is -2.10. The highest BCUT2D eigenvalue weighted by Gasteiger charge is 2.11. The summed E-state index contributed by atoms with van der Waals surface area (Å²) in [7, 11) is 6.01. The molecule has 0 aliphatic carbocycles. The molecule has 27 heavy (non-hydrogen) atoms. The van der Waals surface area contributed by atoms with Crippen LogP contribution in [0.15, 0.2) is 65.5 Å². The molecule has 0 saturated carbocycles. The molecule has 0 N–H and O–H groups in total. The third-order valence-corrected chi connectivity index (χ3v) is 4.95. The molecule has 4 rings (SSSR count). The number of halogens is 1. The van der Waals surface area contributed by atoms with Crippen LogP contribution in [0.4, 0.5) is 4.39 Å². The number of pyridine rings is 1.